The summed E-state index contributed by atoms with van der Waals surface area (Å²) in [6, 6.07) is 11.4. The molecular formula is C23H26N4O2. The molecule has 0 aliphatic carbocycles. The summed E-state index contributed by atoms with van der Waals surface area (Å²) < 4.78 is 1.70. The number of likely N-dealkylation sites (tertiary alicyclic amines) is 1. The second kappa shape index (κ2) is 8.07. The van der Waals surface area contributed by atoms with E-state index in [1.54, 1.807) is 10.6 Å². The minimum absolute atomic E-state index is 0.0956. The van der Waals surface area contributed by atoms with Crippen molar-refractivity contribution in [2.75, 3.05) is 18.4 Å². The zero-order chi connectivity index (χ0) is 20.4. The number of imidazole rings is 1. The second-order valence-corrected chi connectivity index (χ2v) is 7.67. The first-order chi connectivity index (χ1) is 14.1. The lowest BCUT2D eigenvalue weighted by molar-refractivity contribution is 0.0758. The van der Waals surface area contributed by atoms with Crippen LogP contribution in [0.15, 0.2) is 42.6 Å². The van der Waals surface area contributed by atoms with Crippen LogP contribution in [0.3, 0.4) is 0 Å². The summed E-state index contributed by atoms with van der Waals surface area (Å²) in [5.74, 6) is -0.193. The predicted molar refractivity (Wildman–Crippen MR) is 113 cm³/mol. The zero-order valence-corrected chi connectivity index (χ0v) is 16.9. The van der Waals surface area contributed by atoms with Gasteiger partial charge in [-0.05, 0) is 49.9 Å². The quantitative estimate of drug-likeness (QED) is 0.728. The number of anilines is 1. The second-order valence-electron chi connectivity index (χ2n) is 7.67. The third kappa shape index (κ3) is 3.75. The Morgan fingerprint density at radius 1 is 0.931 bits per heavy atom. The molecule has 2 aromatic heterocycles. The first-order valence-electron chi connectivity index (χ1n) is 10.2. The minimum Gasteiger partial charge on any atom is -0.337 e. The van der Waals surface area contributed by atoms with Crippen LogP contribution < -0.4 is 5.32 Å². The summed E-state index contributed by atoms with van der Waals surface area (Å²) in [6.07, 6.45) is 6.10. The molecule has 1 aromatic carbocycles. The summed E-state index contributed by atoms with van der Waals surface area (Å²) in [7, 11) is 0. The maximum atomic E-state index is 13.2. The molecule has 1 aliphatic heterocycles. The Hall–Kier alpha value is -3.15. The largest absolute Gasteiger partial charge is 0.337 e. The van der Waals surface area contributed by atoms with Gasteiger partial charge < -0.3 is 10.2 Å². The van der Waals surface area contributed by atoms with Crippen molar-refractivity contribution in [3.05, 3.63) is 65.2 Å². The first kappa shape index (κ1) is 19.2. The Bertz CT molecular complexity index is 1040. The van der Waals surface area contributed by atoms with Crippen LogP contribution in [-0.4, -0.2) is 39.2 Å². The summed E-state index contributed by atoms with van der Waals surface area (Å²) in [6.45, 7) is 5.41. The number of nitrogens with zero attached hydrogens (tertiary/aromatic N) is 3. The Kier molecular flexibility index (Phi) is 5.34. The summed E-state index contributed by atoms with van der Waals surface area (Å²) in [5, 5.41) is 2.98. The average molecular weight is 390 g/mol. The topological polar surface area (TPSA) is 66.7 Å². The van der Waals surface area contributed by atoms with Gasteiger partial charge in [0.2, 0.25) is 5.82 Å². The average Bonchev–Trinajstić information content (AvgIpc) is 2.90. The molecule has 1 N–H and O–H groups in total. The molecule has 0 bridgehead atoms. The van der Waals surface area contributed by atoms with Gasteiger partial charge in [0, 0.05) is 25.0 Å². The smallest absolute Gasteiger partial charge is 0.292 e. The molecule has 150 valence electrons. The van der Waals surface area contributed by atoms with Gasteiger partial charge in [-0.2, -0.15) is 0 Å². The normalized spacial score (nSPS) is 14.6. The van der Waals surface area contributed by atoms with Gasteiger partial charge in [0.25, 0.3) is 11.8 Å². The number of benzene rings is 1. The molecule has 3 aromatic rings. The van der Waals surface area contributed by atoms with E-state index in [1.165, 1.54) is 0 Å². The number of aryl methyl sites for hydroxylation is 2. The molecule has 6 heteroatoms. The molecule has 1 saturated heterocycles. The number of aromatic nitrogens is 2. The van der Waals surface area contributed by atoms with Gasteiger partial charge in [-0.15, -0.1) is 0 Å². The van der Waals surface area contributed by atoms with Crippen molar-refractivity contribution in [1.82, 2.24) is 14.3 Å². The molecule has 3 heterocycles. The molecule has 1 aliphatic rings. The van der Waals surface area contributed by atoms with Crippen molar-refractivity contribution < 1.29 is 9.59 Å². The van der Waals surface area contributed by atoms with Gasteiger partial charge in [0.15, 0.2) is 5.69 Å². The van der Waals surface area contributed by atoms with Gasteiger partial charge in [-0.3, -0.25) is 14.0 Å². The Labute approximate surface area is 170 Å². The molecule has 1 fully saturated rings. The summed E-state index contributed by atoms with van der Waals surface area (Å²) >= 11 is 0. The van der Waals surface area contributed by atoms with E-state index in [0.29, 0.717) is 11.2 Å². The van der Waals surface area contributed by atoms with E-state index in [9.17, 15) is 9.59 Å². The number of para-hydroxylation sites is 1. The number of rotatable bonds is 3. The van der Waals surface area contributed by atoms with Gasteiger partial charge in [-0.25, -0.2) is 4.98 Å². The highest BCUT2D eigenvalue weighted by Gasteiger charge is 2.26. The Balaban J connectivity index is 1.70. The molecule has 2 amide bonds. The maximum Gasteiger partial charge on any atom is 0.292 e. The number of pyridine rings is 1. The lowest BCUT2D eigenvalue weighted by atomic mass is 10.1. The number of nitrogens with one attached hydrogen (secondary N) is 1. The Morgan fingerprint density at radius 3 is 2.31 bits per heavy atom. The number of carbonyl (C=O) groups excluding carboxylic acids is 2. The third-order valence-corrected chi connectivity index (χ3v) is 5.57. The zero-order valence-electron chi connectivity index (χ0n) is 16.9. The summed E-state index contributed by atoms with van der Waals surface area (Å²) in [4.78, 5) is 32.6. The minimum atomic E-state index is -0.321. The van der Waals surface area contributed by atoms with Crippen molar-refractivity contribution in [2.24, 2.45) is 0 Å². The molecule has 0 saturated carbocycles. The van der Waals surface area contributed by atoms with Crippen LogP contribution in [0, 0.1) is 13.8 Å². The van der Waals surface area contributed by atoms with E-state index in [0.717, 1.165) is 55.6 Å². The fourth-order valence-electron chi connectivity index (χ4n) is 3.96. The van der Waals surface area contributed by atoms with Crippen LogP contribution in [-0.2, 0) is 0 Å². The van der Waals surface area contributed by atoms with E-state index in [1.807, 2.05) is 55.1 Å². The molecule has 0 unspecified atom stereocenters. The fourth-order valence-corrected chi connectivity index (χ4v) is 3.96. The number of amides is 2. The van der Waals surface area contributed by atoms with Gasteiger partial charge in [0.05, 0.1) is 5.52 Å². The van der Waals surface area contributed by atoms with Crippen LogP contribution in [0.4, 0.5) is 5.69 Å². The maximum absolute atomic E-state index is 13.2. The number of carbonyl (C=O) groups is 2. The highest BCUT2D eigenvalue weighted by Crippen LogP contribution is 2.22. The van der Waals surface area contributed by atoms with E-state index < -0.39 is 0 Å². The first-order valence-corrected chi connectivity index (χ1v) is 10.2. The van der Waals surface area contributed by atoms with Crippen LogP contribution >= 0.6 is 0 Å². The standard InChI is InChI=1S/C23H26N4O2/c1-16-10-9-11-17(2)19(16)25-22(28)21-24-20(18-12-5-8-15-27(18)21)23(29)26-13-6-3-4-7-14-26/h5,8-12,15H,3-4,6-7,13-14H2,1-2H3,(H,25,28). The molecule has 6 nitrogen and oxygen atoms in total. The molecule has 29 heavy (non-hydrogen) atoms. The highest BCUT2D eigenvalue weighted by atomic mass is 16.2. The molecular weight excluding hydrogens is 364 g/mol. The van der Waals surface area contributed by atoms with Crippen LogP contribution in [0.25, 0.3) is 5.52 Å². The van der Waals surface area contributed by atoms with Crippen LogP contribution in [0.2, 0.25) is 0 Å². The lowest BCUT2D eigenvalue weighted by Crippen LogP contribution is -2.32. The van der Waals surface area contributed by atoms with Crippen molar-refractivity contribution in [3.8, 4) is 0 Å². The molecule has 0 atom stereocenters. The predicted octanol–water partition coefficient (Wildman–Crippen LogP) is 4.22. The van der Waals surface area contributed by atoms with E-state index >= 15 is 0 Å². The highest BCUT2D eigenvalue weighted by molar-refractivity contribution is 6.06. The Morgan fingerprint density at radius 2 is 1.62 bits per heavy atom. The molecule has 4 rings (SSSR count). The molecule has 0 radical (unpaired) electrons. The summed E-state index contributed by atoms with van der Waals surface area (Å²) in [5.41, 5.74) is 3.76. The third-order valence-electron chi connectivity index (χ3n) is 5.57. The van der Waals surface area contributed by atoms with Crippen LogP contribution in [0.1, 0.15) is 57.9 Å². The lowest BCUT2D eigenvalue weighted by Gasteiger charge is -2.19. The number of hydrogen-bond acceptors (Lipinski definition) is 3. The van der Waals surface area contributed by atoms with E-state index in [2.05, 4.69) is 10.3 Å². The van der Waals surface area contributed by atoms with Gasteiger partial charge in [0.1, 0.15) is 0 Å². The van der Waals surface area contributed by atoms with Crippen molar-refractivity contribution in [3.63, 3.8) is 0 Å². The van der Waals surface area contributed by atoms with E-state index in [-0.39, 0.29) is 17.6 Å². The van der Waals surface area contributed by atoms with Crippen molar-refractivity contribution in [1.29, 1.82) is 0 Å². The van der Waals surface area contributed by atoms with Crippen molar-refractivity contribution >= 4 is 23.0 Å². The molecule has 0 spiro atoms. The van der Waals surface area contributed by atoms with Gasteiger partial charge >= 0.3 is 0 Å². The van der Waals surface area contributed by atoms with Crippen LogP contribution in [0.5, 0.6) is 0 Å². The fraction of sp³-hybridized carbons (Fsp3) is 0.348. The monoisotopic (exact) mass is 390 g/mol. The number of fused-ring (bicyclic) bond motifs is 1. The number of hydrogen-bond donors (Lipinski definition) is 1. The SMILES string of the molecule is Cc1cccc(C)c1NC(=O)c1nc(C(=O)N2CCCCCC2)c2ccccn12. The van der Waals surface area contributed by atoms with Crippen molar-refractivity contribution in [2.45, 2.75) is 39.5 Å². The van der Waals surface area contributed by atoms with E-state index in [4.69, 9.17) is 0 Å². The van der Waals surface area contributed by atoms with Gasteiger partial charge in [-0.1, -0.05) is 37.1 Å².